The SMILES string of the molecule is CCOC(=O)c1ccc(OCc2ccc(Cl)cc2)c(N)c1. The van der Waals surface area contributed by atoms with Gasteiger partial charge in [0.15, 0.2) is 0 Å². The van der Waals surface area contributed by atoms with Crippen molar-refractivity contribution in [3.63, 3.8) is 0 Å². The lowest BCUT2D eigenvalue weighted by Gasteiger charge is -2.10. The number of nitrogen functional groups attached to an aromatic ring is 1. The Kier molecular flexibility index (Phi) is 5.06. The van der Waals surface area contributed by atoms with E-state index in [-0.39, 0.29) is 0 Å². The minimum Gasteiger partial charge on any atom is -0.487 e. The highest BCUT2D eigenvalue weighted by atomic mass is 35.5. The molecule has 2 rings (SSSR count). The van der Waals surface area contributed by atoms with Gasteiger partial charge in [0.2, 0.25) is 0 Å². The molecule has 0 atom stereocenters. The van der Waals surface area contributed by atoms with E-state index in [0.29, 0.717) is 35.2 Å². The molecule has 2 N–H and O–H groups in total. The highest BCUT2D eigenvalue weighted by Gasteiger charge is 2.09. The summed E-state index contributed by atoms with van der Waals surface area (Å²) in [4.78, 5) is 11.6. The molecule has 0 radical (unpaired) electrons. The molecule has 0 saturated heterocycles. The van der Waals surface area contributed by atoms with Crippen LogP contribution in [0.4, 0.5) is 5.69 Å². The average Bonchev–Trinajstić information content (AvgIpc) is 2.48. The van der Waals surface area contributed by atoms with Crippen molar-refractivity contribution in [2.24, 2.45) is 0 Å². The van der Waals surface area contributed by atoms with Gasteiger partial charge in [-0.2, -0.15) is 0 Å². The highest BCUT2D eigenvalue weighted by Crippen LogP contribution is 2.24. The number of carbonyl (C=O) groups excluding carboxylic acids is 1. The van der Waals surface area contributed by atoms with E-state index in [1.165, 1.54) is 0 Å². The molecule has 0 bridgehead atoms. The predicted molar refractivity (Wildman–Crippen MR) is 82.6 cm³/mol. The fraction of sp³-hybridized carbons (Fsp3) is 0.188. The van der Waals surface area contributed by atoms with Crippen molar-refractivity contribution >= 4 is 23.3 Å². The van der Waals surface area contributed by atoms with Crippen LogP contribution in [0.5, 0.6) is 5.75 Å². The molecule has 0 aliphatic rings. The van der Waals surface area contributed by atoms with Gasteiger partial charge in [0.1, 0.15) is 12.4 Å². The van der Waals surface area contributed by atoms with E-state index < -0.39 is 5.97 Å². The number of hydrogen-bond acceptors (Lipinski definition) is 4. The smallest absolute Gasteiger partial charge is 0.338 e. The fourth-order valence-electron chi connectivity index (χ4n) is 1.76. The molecule has 0 heterocycles. The number of hydrogen-bond donors (Lipinski definition) is 1. The Balaban J connectivity index is 2.04. The summed E-state index contributed by atoms with van der Waals surface area (Å²) in [7, 11) is 0. The van der Waals surface area contributed by atoms with E-state index in [0.717, 1.165) is 5.56 Å². The van der Waals surface area contributed by atoms with Crippen molar-refractivity contribution in [3.8, 4) is 5.75 Å². The predicted octanol–water partition coefficient (Wildman–Crippen LogP) is 3.68. The zero-order chi connectivity index (χ0) is 15.2. The molecule has 5 heteroatoms. The second kappa shape index (κ2) is 6.99. The van der Waals surface area contributed by atoms with E-state index in [2.05, 4.69) is 0 Å². The summed E-state index contributed by atoms with van der Waals surface area (Å²) in [6.07, 6.45) is 0. The van der Waals surface area contributed by atoms with Crippen LogP contribution >= 0.6 is 11.6 Å². The number of halogens is 1. The van der Waals surface area contributed by atoms with Crippen LogP contribution in [0.2, 0.25) is 5.02 Å². The molecule has 0 saturated carbocycles. The summed E-state index contributed by atoms with van der Waals surface area (Å²) in [5, 5.41) is 0.678. The van der Waals surface area contributed by atoms with Crippen molar-refractivity contribution in [1.82, 2.24) is 0 Å². The van der Waals surface area contributed by atoms with Gasteiger partial charge in [-0.05, 0) is 42.8 Å². The van der Waals surface area contributed by atoms with Crippen LogP contribution in [0, 0.1) is 0 Å². The molecule has 4 nitrogen and oxygen atoms in total. The lowest BCUT2D eigenvalue weighted by atomic mass is 10.2. The topological polar surface area (TPSA) is 61.5 Å². The summed E-state index contributed by atoms with van der Waals surface area (Å²) in [5.74, 6) is 0.131. The summed E-state index contributed by atoms with van der Waals surface area (Å²) >= 11 is 5.82. The highest BCUT2D eigenvalue weighted by molar-refractivity contribution is 6.30. The van der Waals surface area contributed by atoms with E-state index in [9.17, 15) is 4.79 Å². The van der Waals surface area contributed by atoms with Gasteiger partial charge >= 0.3 is 5.97 Å². The van der Waals surface area contributed by atoms with Gasteiger partial charge in [-0.15, -0.1) is 0 Å². The maximum atomic E-state index is 11.6. The van der Waals surface area contributed by atoms with Crippen molar-refractivity contribution in [1.29, 1.82) is 0 Å². The van der Waals surface area contributed by atoms with Crippen LogP contribution in [0.3, 0.4) is 0 Å². The largest absolute Gasteiger partial charge is 0.487 e. The first-order valence-corrected chi connectivity index (χ1v) is 6.92. The third kappa shape index (κ3) is 4.13. The Labute approximate surface area is 128 Å². The first-order chi connectivity index (χ1) is 10.1. The van der Waals surface area contributed by atoms with E-state index in [4.69, 9.17) is 26.8 Å². The summed E-state index contributed by atoms with van der Waals surface area (Å²) in [6, 6.07) is 12.2. The molecule has 0 aliphatic carbocycles. The Morgan fingerprint density at radius 3 is 2.52 bits per heavy atom. The minimum atomic E-state index is -0.395. The minimum absolute atomic E-state index is 0.327. The van der Waals surface area contributed by atoms with Crippen LogP contribution in [-0.2, 0) is 11.3 Å². The molecule has 110 valence electrons. The van der Waals surface area contributed by atoms with Gasteiger partial charge in [0, 0.05) is 5.02 Å². The summed E-state index contributed by atoms with van der Waals surface area (Å²) in [6.45, 7) is 2.46. The number of benzene rings is 2. The van der Waals surface area contributed by atoms with Crippen molar-refractivity contribution in [2.45, 2.75) is 13.5 Å². The zero-order valence-electron chi connectivity index (χ0n) is 11.6. The molecule has 0 spiro atoms. The second-order valence-electron chi connectivity index (χ2n) is 4.39. The van der Waals surface area contributed by atoms with Crippen LogP contribution in [0.15, 0.2) is 42.5 Å². The molecule has 0 amide bonds. The molecule has 0 unspecified atom stereocenters. The lowest BCUT2D eigenvalue weighted by molar-refractivity contribution is 0.0526. The van der Waals surface area contributed by atoms with Gasteiger partial charge in [0.05, 0.1) is 17.9 Å². The van der Waals surface area contributed by atoms with Crippen LogP contribution in [0.25, 0.3) is 0 Å². The third-order valence-electron chi connectivity index (χ3n) is 2.83. The van der Waals surface area contributed by atoms with Gasteiger partial charge in [0.25, 0.3) is 0 Å². The number of nitrogens with two attached hydrogens (primary N) is 1. The first kappa shape index (κ1) is 15.2. The quantitative estimate of drug-likeness (QED) is 0.676. The van der Waals surface area contributed by atoms with Crippen LogP contribution in [0.1, 0.15) is 22.8 Å². The molecule has 21 heavy (non-hydrogen) atoms. The number of carbonyl (C=O) groups is 1. The van der Waals surface area contributed by atoms with Crippen molar-refractivity contribution < 1.29 is 14.3 Å². The maximum absolute atomic E-state index is 11.6. The fourth-order valence-corrected chi connectivity index (χ4v) is 1.89. The summed E-state index contributed by atoms with van der Waals surface area (Å²) < 4.78 is 10.6. The maximum Gasteiger partial charge on any atom is 0.338 e. The number of esters is 1. The molecular weight excluding hydrogens is 290 g/mol. The first-order valence-electron chi connectivity index (χ1n) is 6.54. The zero-order valence-corrected chi connectivity index (χ0v) is 12.4. The normalized spacial score (nSPS) is 10.2. The standard InChI is InChI=1S/C16H16ClNO3/c1-2-20-16(19)12-5-8-15(14(18)9-12)21-10-11-3-6-13(17)7-4-11/h3-9H,2,10,18H2,1H3. The molecule has 0 aromatic heterocycles. The Morgan fingerprint density at radius 2 is 1.90 bits per heavy atom. The number of rotatable bonds is 5. The van der Waals surface area contributed by atoms with Gasteiger partial charge in [-0.1, -0.05) is 23.7 Å². The molecule has 2 aromatic rings. The van der Waals surface area contributed by atoms with Gasteiger partial charge in [-0.3, -0.25) is 0 Å². The number of ether oxygens (including phenoxy) is 2. The molecule has 0 aliphatic heterocycles. The van der Waals surface area contributed by atoms with E-state index in [1.54, 1.807) is 37.3 Å². The van der Waals surface area contributed by atoms with Crippen molar-refractivity contribution in [3.05, 3.63) is 58.6 Å². The molecule has 2 aromatic carbocycles. The third-order valence-corrected chi connectivity index (χ3v) is 3.08. The molecular formula is C16H16ClNO3. The van der Waals surface area contributed by atoms with Crippen LogP contribution in [-0.4, -0.2) is 12.6 Å². The molecule has 0 fully saturated rings. The van der Waals surface area contributed by atoms with E-state index >= 15 is 0 Å². The average molecular weight is 306 g/mol. The van der Waals surface area contributed by atoms with Gasteiger partial charge < -0.3 is 15.2 Å². The lowest BCUT2D eigenvalue weighted by Crippen LogP contribution is -2.06. The Morgan fingerprint density at radius 1 is 1.19 bits per heavy atom. The summed E-state index contributed by atoms with van der Waals surface area (Å²) in [5.41, 5.74) is 7.68. The van der Waals surface area contributed by atoms with Gasteiger partial charge in [-0.25, -0.2) is 4.79 Å². The van der Waals surface area contributed by atoms with E-state index in [1.807, 2.05) is 12.1 Å². The van der Waals surface area contributed by atoms with Crippen molar-refractivity contribution in [2.75, 3.05) is 12.3 Å². The van der Waals surface area contributed by atoms with Crippen LogP contribution < -0.4 is 10.5 Å². The Bertz CT molecular complexity index is 626. The second-order valence-corrected chi connectivity index (χ2v) is 4.82. The monoisotopic (exact) mass is 305 g/mol. The Hall–Kier alpha value is -2.20. The number of anilines is 1.